The monoisotopic (exact) mass is 286 g/mol. The zero-order valence-electron chi connectivity index (χ0n) is 11.3. The average molecular weight is 286 g/mol. The van der Waals surface area contributed by atoms with E-state index in [1.165, 1.54) is 5.56 Å². The Morgan fingerprint density at radius 2 is 2.15 bits per heavy atom. The van der Waals surface area contributed by atoms with Crippen molar-refractivity contribution in [2.45, 2.75) is 32.0 Å². The van der Waals surface area contributed by atoms with Crippen LogP contribution in [-0.2, 0) is 17.8 Å². The Bertz CT molecular complexity index is 500. The summed E-state index contributed by atoms with van der Waals surface area (Å²) in [6.07, 6.45) is -3.86. The van der Waals surface area contributed by atoms with E-state index in [1.54, 1.807) is 0 Å². The van der Waals surface area contributed by atoms with E-state index in [1.807, 2.05) is 25.2 Å². The quantitative estimate of drug-likeness (QED) is 0.926. The predicted molar refractivity (Wildman–Crippen MR) is 70.6 cm³/mol. The minimum Gasteiger partial charge on any atom is -0.374 e. The summed E-state index contributed by atoms with van der Waals surface area (Å²) in [6.45, 7) is 1.14. The van der Waals surface area contributed by atoms with Crippen molar-refractivity contribution in [3.8, 4) is 0 Å². The molecular weight excluding hydrogens is 269 g/mol. The van der Waals surface area contributed by atoms with Crippen molar-refractivity contribution in [2.75, 3.05) is 18.5 Å². The molecule has 0 aromatic heterocycles. The number of hydrogen-bond acceptors (Lipinski definition) is 2. The first-order chi connectivity index (χ1) is 9.35. The van der Waals surface area contributed by atoms with E-state index >= 15 is 0 Å². The van der Waals surface area contributed by atoms with Gasteiger partial charge in [-0.2, -0.15) is 13.2 Å². The molecule has 0 unspecified atom stereocenters. The van der Waals surface area contributed by atoms with Gasteiger partial charge in [-0.1, -0.05) is 12.1 Å². The van der Waals surface area contributed by atoms with Crippen molar-refractivity contribution < 1.29 is 18.0 Å². The van der Waals surface area contributed by atoms with Crippen LogP contribution >= 0.6 is 0 Å². The molecular formula is C14H17F3N2O. The van der Waals surface area contributed by atoms with Crippen molar-refractivity contribution in [3.63, 3.8) is 0 Å². The van der Waals surface area contributed by atoms with E-state index in [2.05, 4.69) is 10.2 Å². The van der Waals surface area contributed by atoms with Crippen LogP contribution in [0.1, 0.15) is 24.0 Å². The Balaban J connectivity index is 1.96. The van der Waals surface area contributed by atoms with Crippen LogP contribution < -0.4 is 10.2 Å². The molecule has 110 valence electrons. The number of anilines is 1. The molecule has 1 aromatic rings. The average Bonchev–Trinajstić information content (AvgIpc) is 2.34. The third-order valence-corrected chi connectivity index (χ3v) is 3.35. The summed E-state index contributed by atoms with van der Waals surface area (Å²) in [5.41, 5.74) is 3.16. The maximum Gasteiger partial charge on any atom is 0.397 e. The van der Waals surface area contributed by atoms with Gasteiger partial charge in [0.05, 0.1) is 0 Å². The fourth-order valence-electron chi connectivity index (χ4n) is 2.39. The van der Waals surface area contributed by atoms with E-state index in [0.29, 0.717) is 0 Å². The van der Waals surface area contributed by atoms with Crippen LogP contribution in [0.15, 0.2) is 18.2 Å². The second-order valence-corrected chi connectivity index (χ2v) is 5.06. The third-order valence-electron chi connectivity index (χ3n) is 3.35. The van der Waals surface area contributed by atoms with E-state index < -0.39 is 18.5 Å². The van der Waals surface area contributed by atoms with Crippen LogP contribution in [-0.4, -0.2) is 25.7 Å². The Hall–Kier alpha value is -1.72. The highest BCUT2D eigenvalue weighted by molar-refractivity contribution is 5.76. The number of halogens is 3. The molecule has 0 spiro atoms. The molecule has 0 radical (unpaired) electrons. The van der Waals surface area contributed by atoms with E-state index in [0.717, 1.165) is 30.6 Å². The maximum absolute atomic E-state index is 12.0. The molecule has 20 heavy (non-hydrogen) atoms. The third kappa shape index (κ3) is 3.88. The summed E-state index contributed by atoms with van der Waals surface area (Å²) in [6, 6.07) is 5.76. The van der Waals surface area contributed by atoms with Gasteiger partial charge in [0, 0.05) is 25.8 Å². The zero-order chi connectivity index (χ0) is 14.8. The van der Waals surface area contributed by atoms with Crippen molar-refractivity contribution in [1.82, 2.24) is 5.32 Å². The molecule has 0 atom stereocenters. The lowest BCUT2D eigenvalue weighted by molar-refractivity contribution is -0.153. The van der Waals surface area contributed by atoms with Crippen molar-refractivity contribution in [3.05, 3.63) is 29.3 Å². The van der Waals surface area contributed by atoms with Gasteiger partial charge in [0.15, 0.2) is 0 Å². The molecule has 1 aliphatic heterocycles. The molecule has 0 saturated carbocycles. The lowest BCUT2D eigenvalue weighted by Gasteiger charge is -2.27. The van der Waals surface area contributed by atoms with Gasteiger partial charge in [-0.05, 0) is 30.0 Å². The molecule has 6 heteroatoms. The standard InChI is InChI=1S/C14H17F3N2O/c1-19-6-2-3-11-7-10(4-5-12(11)19)9-18-13(20)8-14(15,16)17/h4-5,7H,2-3,6,8-9H2,1H3,(H,18,20). The number of fused-ring (bicyclic) bond motifs is 1. The highest BCUT2D eigenvalue weighted by Gasteiger charge is 2.30. The summed E-state index contributed by atoms with van der Waals surface area (Å²) in [7, 11) is 2.02. The van der Waals surface area contributed by atoms with Crippen molar-refractivity contribution >= 4 is 11.6 Å². The topological polar surface area (TPSA) is 32.3 Å². The van der Waals surface area contributed by atoms with Gasteiger partial charge in [0.1, 0.15) is 6.42 Å². The summed E-state index contributed by atoms with van der Waals surface area (Å²) >= 11 is 0. The van der Waals surface area contributed by atoms with E-state index in [9.17, 15) is 18.0 Å². The van der Waals surface area contributed by atoms with Gasteiger partial charge in [-0.15, -0.1) is 0 Å². The first-order valence-corrected chi connectivity index (χ1v) is 6.51. The molecule has 0 saturated heterocycles. The minimum absolute atomic E-state index is 0.131. The number of rotatable bonds is 3. The second kappa shape index (κ2) is 5.73. The number of nitrogens with zero attached hydrogens (tertiary/aromatic N) is 1. The van der Waals surface area contributed by atoms with Crippen LogP contribution in [0.2, 0.25) is 0 Å². The van der Waals surface area contributed by atoms with Crippen LogP contribution in [0, 0.1) is 0 Å². The maximum atomic E-state index is 12.0. The first kappa shape index (κ1) is 14.7. The van der Waals surface area contributed by atoms with E-state index in [4.69, 9.17) is 0 Å². The number of aryl methyl sites for hydroxylation is 1. The number of nitrogens with one attached hydrogen (secondary N) is 1. The molecule has 0 bridgehead atoms. The largest absolute Gasteiger partial charge is 0.397 e. The van der Waals surface area contributed by atoms with Crippen LogP contribution in [0.3, 0.4) is 0 Å². The second-order valence-electron chi connectivity index (χ2n) is 5.06. The van der Waals surface area contributed by atoms with Gasteiger partial charge in [0.2, 0.25) is 5.91 Å². The van der Waals surface area contributed by atoms with Crippen molar-refractivity contribution in [2.24, 2.45) is 0 Å². The summed E-state index contributed by atoms with van der Waals surface area (Å²) in [4.78, 5) is 13.3. The van der Waals surface area contributed by atoms with Crippen LogP contribution in [0.25, 0.3) is 0 Å². The Morgan fingerprint density at radius 3 is 2.85 bits per heavy atom. The Kier molecular flexibility index (Phi) is 4.20. The lowest BCUT2D eigenvalue weighted by Crippen LogP contribution is -2.28. The van der Waals surface area contributed by atoms with Crippen LogP contribution in [0.4, 0.5) is 18.9 Å². The number of amides is 1. The Morgan fingerprint density at radius 1 is 1.40 bits per heavy atom. The summed E-state index contributed by atoms with van der Waals surface area (Å²) in [5.74, 6) is -0.993. The molecule has 1 N–H and O–H groups in total. The van der Waals surface area contributed by atoms with Gasteiger partial charge in [-0.3, -0.25) is 4.79 Å². The van der Waals surface area contributed by atoms with Gasteiger partial charge >= 0.3 is 6.18 Å². The number of benzene rings is 1. The molecule has 1 aliphatic rings. The molecule has 0 aliphatic carbocycles. The fraction of sp³-hybridized carbons (Fsp3) is 0.500. The fourth-order valence-corrected chi connectivity index (χ4v) is 2.39. The summed E-state index contributed by atoms with van der Waals surface area (Å²) < 4.78 is 36.1. The first-order valence-electron chi connectivity index (χ1n) is 6.51. The van der Waals surface area contributed by atoms with Crippen molar-refractivity contribution in [1.29, 1.82) is 0 Å². The molecule has 0 fully saturated rings. The minimum atomic E-state index is -4.46. The smallest absolute Gasteiger partial charge is 0.374 e. The SMILES string of the molecule is CN1CCCc2cc(CNC(=O)CC(F)(F)F)ccc21. The molecule has 1 heterocycles. The number of hydrogen-bond donors (Lipinski definition) is 1. The normalized spacial score (nSPS) is 14.9. The highest BCUT2D eigenvalue weighted by Crippen LogP contribution is 2.26. The van der Waals surface area contributed by atoms with Gasteiger partial charge in [-0.25, -0.2) is 0 Å². The predicted octanol–water partition coefficient (Wildman–Crippen LogP) is 2.64. The number of carbonyl (C=O) groups excluding carboxylic acids is 1. The summed E-state index contributed by atoms with van der Waals surface area (Å²) in [5, 5.41) is 2.30. The van der Waals surface area contributed by atoms with Gasteiger partial charge < -0.3 is 10.2 Å². The highest BCUT2D eigenvalue weighted by atomic mass is 19.4. The molecule has 3 nitrogen and oxygen atoms in total. The lowest BCUT2D eigenvalue weighted by atomic mass is 9.99. The molecule has 2 rings (SSSR count). The molecule has 1 amide bonds. The van der Waals surface area contributed by atoms with Gasteiger partial charge in [0.25, 0.3) is 0 Å². The van der Waals surface area contributed by atoms with E-state index in [-0.39, 0.29) is 6.54 Å². The Labute approximate surface area is 115 Å². The zero-order valence-corrected chi connectivity index (χ0v) is 11.3. The van der Waals surface area contributed by atoms with Crippen LogP contribution in [0.5, 0.6) is 0 Å². The number of alkyl halides is 3. The number of carbonyl (C=O) groups is 1. The molecule has 1 aromatic carbocycles.